The van der Waals surface area contributed by atoms with E-state index in [-0.39, 0.29) is 11.3 Å². The predicted molar refractivity (Wildman–Crippen MR) is 59.2 cm³/mol. The van der Waals surface area contributed by atoms with Gasteiger partial charge in [-0.2, -0.15) is 0 Å². The molecule has 3 nitrogen and oxygen atoms in total. The van der Waals surface area contributed by atoms with Crippen LogP contribution in [0.25, 0.3) is 0 Å². The summed E-state index contributed by atoms with van der Waals surface area (Å²) in [6.45, 7) is 8.25. The maximum atomic E-state index is 12.2. The molecule has 0 aromatic heterocycles. The molecule has 1 N–H and O–H groups in total. The maximum absolute atomic E-state index is 12.2. The third-order valence-corrected chi connectivity index (χ3v) is 6.09. The zero-order valence-electron chi connectivity index (χ0n) is 9.50. The Balaban J connectivity index is 2.92. The number of rotatable bonds is 1. The first-order valence-corrected chi connectivity index (χ1v) is 6.78. The largest absolute Gasteiger partial charge is 0.313 e. The van der Waals surface area contributed by atoms with Crippen molar-refractivity contribution in [3.63, 3.8) is 0 Å². The van der Waals surface area contributed by atoms with Crippen LogP contribution in [0.5, 0.6) is 0 Å². The molecular formula is C10H21NO2S. The standard InChI is InChI=1S/C10H21NO2S/c1-8-9(6-5-7-11-8)14(12,13)10(2,3)4/h8-9,11H,5-7H2,1-4H3. The molecule has 1 aliphatic rings. The van der Waals surface area contributed by atoms with Gasteiger partial charge in [0.25, 0.3) is 0 Å². The van der Waals surface area contributed by atoms with E-state index in [1.807, 2.05) is 6.92 Å². The Labute approximate surface area is 87.2 Å². The first-order chi connectivity index (χ1) is 6.27. The van der Waals surface area contributed by atoms with E-state index in [4.69, 9.17) is 0 Å². The minimum atomic E-state index is -3.01. The lowest BCUT2D eigenvalue weighted by atomic mass is 10.1. The van der Waals surface area contributed by atoms with Gasteiger partial charge in [0.05, 0.1) is 10.00 Å². The van der Waals surface area contributed by atoms with E-state index < -0.39 is 14.6 Å². The highest BCUT2D eigenvalue weighted by atomic mass is 32.2. The highest BCUT2D eigenvalue weighted by Crippen LogP contribution is 2.27. The van der Waals surface area contributed by atoms with E-state index in [1.54, 1.807) is 20.8 Å². The van der Waals surface area contributed by atoms with Crippen molar-refractivity contribution in [2.75, 3.05) is 6.54 Å². The van der Waals surface area contributed by atoms with E-state index >= 15 is 0 Å². The number of piperidine rings is 1. The van der Waals surface area contributed by atoms with E-state index in [0.29, 0.717) is 0 Å². The van der Waals surface area contributed by atoms with Crippen molar-refractivity contribution < 1.29 is 8.42 Å². The van der Waals surface area contributed by atoms with E-state index in [0.717, 1.165) is 19.4 Å². The van der Waals surface area contributed by atoms with Crippen LogP contribution >= 0.6 is 0 Å². The molecule has 0 aliphatic carbocycles. The van der Waals surface area contributed by atoms with Gasteiger partial charge in [-0.1, -0.05) is 0 Å². The van der Waals surface area contributed by atoms with Crippen molar-refractivity contribution in [3.8, 4) is 0 Å². The average molecular weight is 219 g/mol. The van der Waals surface area contributed by atoms with E-state index in [2.05, 4.69) is 5.32 Å². The van der Waals surface area contributed by atoms with Gasteiger partial charge in [-0.05, 0) is 47.1 Å². The molecule has 0 amide bonds. The summed E-state index contributed by atoms with van der Waals surface area (Å²) in [6, 6.07) is 0.0907. The van der Waals surface area contributed by atoms with Crippen molar-refractivity contribution in [1.29, 1.82) is 0 Å². The second-order valence-corrected chi connectivity index (χ2v) is 8.00. The molecule has 1 aliphatic heterocycles. The monoisotopic (exact) mass is 219 g/mol. The Morgan fingerprint density at radius 3 is 2.29 bits per heavy atom. The summed E-state index contributed by atoms with van der Waals surface area (Å²) in [5.41, 5.74) is 0. The van der Waals surface area contributed by atoms with Gasteiger partial charge < -0.3 is 5.32 Å². The Morgan fingerprint density at radius 1 is 1.29 bits per heavy atom. The van der Waals surface area contributed by atoms with Gasteiger partial charge in [0.2, 0.25) is 0 Å². The predicted octanol–water partition coefficient (Wildman–Crippen LogP) is 1.34. The topological polar surface area (TPSA) is 46.2 Å². The molecule has 84 valence electrons. The lowest BCUT2D eigenvalue weighted by Gasteiger charge is -2.34. The zero-order valence-corrected chi connectivity index (χ0v) is 10.3. The number of nitrogens with one attached hydrogen (secondary N) is 1. The van der Waals surface area contributed by atoms with Gasteiger partial charge in [0.1, 0.15) is 0 Å². The van der Waals surface area contributed by atoms with Crippen LogP contribution < -0.4 is 5.32 Å². The first-order valence-electron chi connectivity index (χ1n) is 5.23. The summed E-state index contributed by atoms with van der Waals surface area (Å²) in [5, 5.41) is 3.02. The van der Waals surface area contributed by atoms with Gasteiger partial charge in [0, 0.05) is 6.04 Å². The highest BCUT2D eigenvalue weighted by molar-refractivity contribution is 7.93. The third-order valence-electron chi connectivity index (χ3n) is 2.94. The van der Waals surface area contributed by atoms with Crippen LogP contribution in [0.4, 0.5) is 0 Å². The first kappa shape index (κ1) is 12.0. The summed E-state index contributed by atoms with van der Waals surface area (Å²) in [5.74, 6) is 0. The quantitative estimate of drug-likeness (QED) is 0.724. The zero-order chi connectivity index (χ0) is 11.0. The molecule has 0 spiro atoms. The maximum Gasteiger partial charge on any atom is 0.159 e. The summed E-state index contributed by atoms with van der Waals surface area (Å²) in [6.07, 6.45) is 1.76. The summed E-state index contributed by atoms with van der Waals surface area (Å²) in [7, 11) is -3.01. The van der Waals surface area contributed by atoms with Gasteiger partial charge in [0.15, 0.2) is 9.84 Å². The van der Waals surface area contributed by atoms with Crippen molar-refractivity contribution in [1.82, 2.24) is 5.32 Å². The average Bonchev–Trinajstić information content (AvgIpc) is 2.02. The van der Waals surface area contributed by atoms with Crippen LogP contribution in [-0.4, -0.2) is 31.0 Å². The lowest BCUT2D eigenvalue weighted by Crippen LogP contribution is -2.51. The number of sulfone groups is 1. The van der Waals surface area contributed by atoms with Crippen molar-refractivity contribution in [3.05, 3.63) is 0 Å². The van der Waals surface area contributed by atoms with E-state index in [9.17, 15) is 8.42 Å². The smallest absolute Gasteiger partial charge is 0.159 e. The fraction of sp³-hybridized carbons (Fsp3) is 1.00. The van der Waals surface area contributed by atoms with Gasteiger partial charge in [-0.25, -0.2) is 8.42 Å². The second-order valence-electron chi connectivity index (χ2n) is 5.08. The van der Waals surface area contributed by atoms with Gasteiger partial charge >= 0.3 is 0 Å². The third kappa shape index (κ3) is 2.11. The molecular weight excluding hydrogens is 198 g/mol. The molecule has 0 bridgehead atoms. The molecule has 2 unspecified atom stereocenters. The normalized spacial score (nSPS) is 30.3. The van der Waals surface area contributed by atoms with Crippen LogP contribution in [0.15, 0.2) is 0 Å². The highest BCUT2D eigenvalue weighted by Gasteiger charge is 2.40. The summed E-state index contributed by atoms with van der Waals surface area (Å²) >= 11 is 0. The molecule has 4 heteroatoms. The Hall–Kier alpha value is -0.0900. The minimum absolute atomic E-state index is 0.0907. The van der Waals surface area contributed by atoms with E-state index in [1.165, 1.54) is 0 Å². The van der Waals surface area contributed by atoms with Crippen LogP contribution in [-0.2, 0) is 9.84 Å². The Morgan fingerprint density at radius 2 is 1.86 bits per heavy atom. The second kappa shape index (κ2) is 3.81. The fourth-order valence-electron chi connectivity index (χ4n) is 1.89. The molecule has 0 radical (unpaired) electrons. The molecule has 14 heavy (non-hydrogen) atoms. The Kier molecular flexibility index (Phi) is 3.26. The van der Waals surface area contributed by atoms with Crippen LogP contribution in [0.3, 0.4) is 0 Å². The molecule has 1 saturated heterocycles. The Bertz CT molecular complexity index is 290. The van der Waals surface area contributed by atoms with Crippen LogP contribution in [0.2, 0.25) is 0 Å². The van der Waals surface area contributed by atoms with Crippen molar-refractivity contribution in [2.45, 2.75) is 56.6 Å². The van der Waals surface area contributed by atoms with Crippen molar-refractivity contribution >= 4 is 9.84 Å². The molecule has 1 fully saturated rings. The fourth-order valence-corrected chi connectivity index (χ4v) is 3.91. The van der Waals surface area contributed by atoms with Crippen LogP contribution in [0, 0.1) is 0 Å². The number of hydrogen-bond acceptors (Lipinski definition) is 3. The molecule has 0 saturated carbocycles. The molecule has 0 aromatic rings. The van der Waals surface area contributed by atoms with Crippen molar-refractivity contribution in [2.24, 2.45) is 0 Å². The molecule has 1 rings (SSSR count). The molecule has 0 aromatic carbocycles. The number of hydrogen-bond donors (Lipinski definition) is 1. The lowest BCUT2D eigenvalue weighted by molar-refractivity contribution is 0.410. The molecule has 1 heterocycles. The molecule has 2 atom stereocenters. The van der Waals surface area contributed by atoms with Gasteiger partial charge in [-0.15, -0.1) is 0 Å². The van der Waals surface area contributed by atoms with Gasteiger partial charge in [-0.3, -0.25) is 0 Å². The SMILES string of the molecule is CC1NCCCC1S(=O)(=O)C(C)(C)C. The summed E-state index contributed by atoms with van der Waals surface area (Å²) in [4.78, 5) is 0. The van der Waals surface area contributed by atoms with Crippen LogP contribution in [0.1, 0.15) is 40.5 Å². The minimum Gasteiger partial charge on any atom is -0.313 e. The summed E-state index contributed by atoms with van der Waals surface area (Å²) < 4.78 is 23.7.